The van der Waals surface area contributed by atoms with Crippen molar-refractivity contribution >= 4 is 21.7 Å². The third-order valence-electron chi connectivity index (χ3n) is 2.93. The number of carbonyl (C=O) groups excluding carboxylic acids is 1. The molecule has 5 nitrogen and oxygen atoms in total. The third kappa shape index (κ3) is 1.10. The summed E-state index contributed by atoms with van der Waals surface area (Å²) in [5.41, 5.74) is 2.40. The molecule has 0 bridgehead atoms. The first-order valence-corrected chi connectivity index (χ1v) is 6.45. The second-order valence-electron chi connectivity index (χ2n) is 4.08. The summed E-state index contributed by atoms with van der Waals surface area (Å²) in [6, 6.07) is 2.99. The van der Waals surface area contributed by atoms with E-state index in [0.717, 1.165) is 11.1 Å². The summed E-state index contributed by atoms with van der Waals surface area (Å²) >= 11 is 0. The molecule has 0 saturated heterocycles. The molecule has 6 heteroatoms. The van der Waals surface area contributed by atoms with Gasteiger partial charge in [-0.3, -0.25) is 4.90 Å². The van der Waals surface area contributed by atoms with Gasteiger partial charge in [0.1, 0.15) is 4.90 Å². The Hall–Kier alpha value is -1.56. The molecule has 1 aromatic rings. The fourth-order valence-corrected chi connectivity index (χ4v) is 3.58. The Labute approximate surface area is 93.1 Å². The summed E-state index contributed by atoms with van der Waals surface area (Å²) in [5.74, 6) is 0. The number of benzene rings is 1. The van der Waals surface area contributed by atoms with E-state index < -0.39 is 16.1 Å². The molecule has 0 unspecified atom stereocenters. The van der Waals surface area contributed by atoms with E-state index in [9.17, 15) is 13.2 Å². The van der Waals surface area contributed by atoms with Crippen molar-refractivity contribution in [3.05, 3.63) is 23.3 Å². The molecule has 0 radical (unpaired) electrons. The van der Waals surface area contributed by atoms with E-state index in [0.29, 0.717) is 18.7 Å². The van der Waals surface area contributed by atoms with Gasteiger partial charge in [0.25, 0.3) is 10.0 Å². The van der Waals surface area contributed by atoms with Crippen molar-refractivity contribution in [2.24, 2.45) is 0 Å². The van der Waals surface area contributed by atoms with E-state index in [1.54, 1.807) is 6.07 Å². The molecular formula is C10H10N2O3S. The predicted octanol–water partition coefficient (Wildman–Crippen LogP) is 0.769. The maximum atomic E-state index is 11.8. The van der Waals surface area contributed by atoms with Gasteiger partial charge in [0.2, 0.25) is 0 Å². The van der Waals surface area contributed by atoms with Crippen molar-refractivity contribution in [3.8, 4) is 0 Å². The number of aryl methyl sites for hydroxylation is 1. The number of hydrogen-bond donors (Lipinski definition) is 1. The summed E-state index contributed by atoms with van der Waals surface area (Å²) in [6.45, 7) is 2.40. The molecule has 84 valence electrons. The zero-order valence-electron chi connectivity index (χ0n) is 8.65. The van der Waals surface area contributed by atoms with Crippen molar-refractivity contribution in [3.63, 3.8) is 0 Å². The normalized spacial score (nSPS) is 20.6. The molecule has 0 aliphatic carbocycles. The Kier molecular flexibility index (Phi) is 1.67. The largest absolute Gasteiger partial charge is 0.335 e. The first kappa shape index (κ1) is 9.65. The number of nitrogens with one attached hydrogen (secondary N) is 1. The maximum Gasteiger partial charge on any atom is 0.335 e. The fourth-order valence-electron chi connectivity index (χ4n) is 2.29. The van der Waals surface area contributed by atoms with Crippen LogP contribution < -0.4 is 9.62 Å². The third-order valence-corrected chi connectivity index (χ3v) is 4.26. The minimum atomic E-state index is -3.67. The van der Waals surface area contributed by atoms with E-state index in [1.165, 1.54) is 4.90 Å². The van der Waals surface area contributed by atoms with Crippen LogP contribution in [0, 0.1) is 6.92 Å². The minimum Gasteiger partial charge on any atom is -0.292 e. The van der Waals surface area contributed by atoms with E-state index in [-0.39, 0.29) is 4.90 Å². The van der Waals surface area contributed by atoms with Crippen LogP contribution in [0.15, 0.2) is 17.0 Å². The molecule has 0 spiro atoms. The molecule has 0 fully saturated rings. The average Bonchev–Trinajstić information content (AvgIpc) is 2.57. The van der Waals surface area contributed by atoms with E-state index >= 15 is 0 Å². The van der Waals surface area contributed by atoms with Gasteiger partial charge in [0, 0.05) is 6.54 Å². The number of sulfonamides is 1. The van der Waals surface area contributed by atoms with Gasteiger partial charge in [0.05, 0.1) is 5.69 Å². The van der Waals surface area contributed by atoms with Crippen LogP contribution in [0.2, 0.25) is 0 Å². The molecule has 16 heavy (non-hydrogen) atoms. The topological polar surface area (TPSA) is 66.5 Å². The lowest BCUT2D eigenvalue weighted by molar-refractivity contribution is 0.251. The van der Waals surface area contributed by atoms with Gasteiger partial charge in [-0.1, -0.05) is 6.07 Å². The first-order valence-electron chi connectivity index (χ1n) is 4.97. The van der Waals surface area contributed by atoms with Gasteiger partial charge in [-0.2, -0.15) is 0 Å². The summed E-state index contributed by atoms with van der Waals surface area (Å²) in [5, 5.41) is 0. The van der Waals surface area contributed by atoms with Gasteiger partial charge >= 0.3 is 6.03 Å². The van der Waals surface area contributed by atoms with Crippen LogP contribution in [0.3, 0.4) is 0 Å². The smallest absolute Gasteiger partial charge is 0.292 e. The lowest BCUT2D eigenvalue weighted by Gasteiger charge is -2.25. The van der Waals surface area contributed by atoms with Gasteiger partial charge in [-0.05, 0) is 30.5 Å². The quantitative estimate of drug-likeness (QED) is 0.726. The second kappa shape index (κ2) is 2.76. The van der Waals surface area contributed by atoms with Gasteiger partial charge < -0.3 is 0 Å². The molecule has 2 aliphatic rings. The average molecular weight is 238 g/mol. The van der Waals surface area contributed by atoms with E-state index in [1.807, 2.05) is 17.7 Å². The Morgan fingerprint density at radius 3 is 2.88 bits per heavy atom. The number of carbonyl (C=O) groups is 1. The van der Waals surface area contributed by atoms with Gasteiger partial charge in [-0.25, -0.2) is 17.9 Å². The van der Waals surface area contributed by atoms with Gasteiger partial charge in [0.15, 0.2) is 0 Å². The van der Waals surface area contributed by atoms with Crippen molar-refractivity contribution in [1.82, 2.24) is 4.72 Å². The van der Waals surface area contributed by atoms with Gasteiger partial charge in [-0.15, -0.1) is 0 Å². The Morgan fingerprint density at radius 1 is 1.38 bits per heavy atom. The van der Waals surface area contributed by atoms with Crippen LogP contribution in [0.25, 0.3) is 0 Å². The predicted molar refractivity (Wildman–Crippen MR) is 57.9 cm³/mol. The molecule has 0 aromatic heterocycles. The number of amides is 2. The summed E-state index contributed by atoms with van der Waals surface area (Å²) in [4.78, 5) is 13.3. The van der Waals surface area contributed by atoms with Crippen LogP contribution in [-0.2, 0) is 16.4 Å². The Morgan fingerprint density at radius 2 is 2.12 bits per heavy atom. The number of urea groups is 1. The van der Waals surface area contributed by atoms with E-state index in [4.69, 9.17) is 0 Å². The number of nitrogens with zero attached hydrogens (tertiary/aromatic N) is 1. The van der Waals surface area contributed by atoms with Crippen LogP contribution >= 0.6 is 0 Å². The highest BCUT2D eigenvalue weighted by Gasteiger charge is 2.38. The summed E-state index contributed by atoms with van der Waals surface area (Å²) in [7, 11) is -3.67. The molecule has 1 N–H and O–H groups in total. The highest BCUT2D eigenvalue weighted by Crippen LogP contribution is 2.38. The molecule has 1 aromatic carbocycles. The Balaban J connectivity index is 2.40. The minimum absolute atomic E-state index is 0.222. The molecular weight excluding hydrogens is 228 g/mol. The maximum absolute atomic E-state index is 11.8. The van der Waals surface area contributed by atoms with Crippen molar-refractivity contribution in [2.75, 3.05) is 11.4 Å². The molecule has 2 aliphatic heterocycles. The zero-order valence-corrected chi connectivity index (χ0v) is 9.47. The second-order valence-corrected chi connectivity index (χ2v) is 5.73. The lowest BCUT2D eigenvalue weighted by atomic mass is 10.1. The first-order chi connectivity index (χ1) is 7.49. The lowest BCUT2D eigenvalue weighted by Crippen LogP contribution is -2.46. The van der Waals surface area contributed by atoms with Crippen molar-refractivity contribution in [2.45, 2.75) is 18.2 Å². The number of anilines is 1. The number of hydrogen-bond acceptors (Lipinski definition) is 3. The van der Waals surface area contributed by atoms with Crippen LogP contribution in [0.1, 0.15) is 11.1 Å². The van der Waals surface area contributed by atoms with Crippen LogP contribution in [-0.4, -0.2) is 21.0 Å². The Bertz CT molecular complexity index is 607. The summed E-state index contributed by atoms with van der Waals surface area (Å²) in [6.07, 6.45) is 0.715. The highest BCUT2D eigenvalue weighted by molar-refractivity contribution is 7.90. The summed E-state index contributed by atoms with van der Waals surface area (Å²) < 4.78 is 25.6. The monoisotopic (exact) mass is 238 g/mol. The fraction of sp³-hybridized carbons (Fsp3) is 0.300. The molecule has 2 amide bonds. The molecule has 0 atom stereocenters. The van der Waals surface area contributed by atoms with E-state index in [2.05, 4.69) is 0 Å². The standard InChI is InChI=1S/C10H10N2O3S/c1-6-4-7-2-3-12-9(7)8(5-6)16(14,15)11-10(12)13/h4-5H,2-3H2,1H3,(H,11,13). The zero-order chi connectivity index (χ0) is 11.5. The van der Waals surface area contributed by atoms with Crippen molar-refractivity contribution < 1.29 is 13.2 Å². The number of rotatable bonds is 0. The van der Waals surface area contributed by atoms with Crippen LogP contribution in [0.5, 0.6) is 0 Å². The SMILES string of the molecule is Cc1cc2c3c(c1)S(=O)(=O)NC(=O)N3CC2. The highest BCUT2D eigenvalue weighted by atomic mass is 32.2. The molecule has 0 saturated carbocycles. The van der Waals surface area contributed by atoms with Crippen molar-refractivity contribution in [1.29, 1.82) is 0 Å². The molecule has 2 heterocycles. The molecule has 3 rings (SSSR count). The van der Waals surface area contributed by atoms with Crippen LogP contribution in [0.4, 0.5) is 10.5 Å².